The molecule has 2 aromatic rings. The van der Waals surface area contributed by atoms with Gasteiger partial charge in [0.1, 0.15) is 23.2 Å². The van der Waals surface area contributed by atoms with Crippen molar-refractivity contribution in [2.75, 3.05) is 34.4 Å². The van der Waals surface area contributed by atoms with Gasteiger partial charge >= 0.3 is 0 Å². The molecule has 0 aromatic heterocycles. The van der Waals surface area contributed by atoms with Crippen LogP contribution in [0.4, 0.5) is 0 Å². The Morgan fingerprint density at radius 3 is 2.31 bits per heavy atom. The molecule has 0 radical (unpaired) electrons. The Labute approximate surface area is 186 Å². The lowest BCUT2D eigenvalue weighted by Gasteiger charge is -2.32. The third-order valence-corrected chi connectivity index (χ3v) is 7.14. The maximum atomic E-state index is 13.4. The van der Waals surface area contributed by atoms with Crippen molar-refractivity contribution in [3.63, 3.8) is 0 Å². The largest absolute Gasteiger partial charge is 0.497 e. The molecular formula is C21H26N2O8S. The Balaban J connectivity index is 1.81. The van der Waals surface area contributed by atoms with E-state index in [9.17, 15) is 13.2 Å². The van der Waals surface area contributed by atoms with Crippen molar-refractivity contribution in [2.24, 2.45) is 0 Å². The van der Waals surface area contributed by atoms with Crippen LogP contribution in [-0.2, 0) is 10.0 Å². The van der Waals surface area contributed by atoms with Gasteiger partial charge < -0.3 is 18.9 Å². The van der Waals surface area contributed by atoms with Crippen molar-refractivity contribution >= 4 is 15.9 Å². The first-order valence-electron chi connectivity index (χ1n) is 9.86. The van der Waals surface area contributed by atoms with Crippen LogP contribution < -0.4 is 24.4 Å². The molecule has 1 aliphatic heterocycles. The molecular weight excluding hydrogens is 440 g/mol. The summed E-state index contributed by atoms with van der Waals surface area (Å²) >= 11 is 0. The van der Waals surface area contributed by atoms with E-state index in [0.29, 0.717) is 24.3 Å². The Morgan fingerprint density at radius 1 is 1.03 bits per heavy atom. The van der Waals surface area contributed by atoms with Crippen molar-refractivity contribution in [3.05, 3.63) is 42.0 Å². The van der Waals surface area contributed by atoms with E-state index >= 15 is 0 Å². The van der Waals surface area contributed by atoms with E-state index in [0.717, 1.165) is 0 Å². The predicted octanol–water partition coefficient (Wildman–Crippen LogP) is 2.06. The second-order valence-electron chi connectivity index (χ2n) is 7.02. The van der Waals surface area contributed by atoms with E-state index in [4.69, 9.17) is 24.2 Å². The number of piperidine rings is 1. The highest BCUT2D eigenvalue weighted by atomic mass is 32.2. The molecule has 0 bridgehead atoms. The number of hydroxylamine groups is 1. The highest BCUT2D eigenvalue weighted by Gasteiger charge is 2.35. The SMILES string of the molecule is COc1cccc(OC2CCN(S(=O)(=O)c3ccc(OC)c(OC)c3C(=O)NO)CC2)c1. The molecule has 3 rings (SSSR count). The van der Waals surface area contributed by atoms with Crippen molar-refractivity contribution in [1.29, 1.82) is 0 Å². The lowest BCUT2D eigenvalue weighted by atomic mass is 10.1. The molecule has 0 spiro atoms. The lowest BCUT2D eigenvalue weighted by Crippen LogP contribution is -2.42. The van der Waals surface area contributed by atoms with Crippen molar-refractivity contribution in [1.82, 2.24) is 9.79 Å². The first kappa shape index (κ1) is 23.6. The topological polar surface area (TPSA) is 124 Å². The minimum atomic E-state index is -4.06. The lowest BCUT2D eigenvalue weighted by molar-refractivity contribution is 0.0698. The monoisotopic (exact) mass is 466 g/mol. The highest BCUT2D eigenvalue weighted by molar-refractivity contribution is 7.89. The van der Waals surface area contributed by atoms with Crippen LogP contribution >= 0.6 is 0 Å². The quantitative estimate of drug-likeness (QED) is 0.448. The van der Waals surface area contributed by atoms with Crippen LogP contribution in [0, 0.1) is 0 Å². The average molecular weight is 467 g/mol. The number of benzene rings is 2. The van der Waals surface area contributed by atoms with Crippen LogP contribution in [0.3, 0.4) is 0 Å². The second kappa shape index (κ2) is 10.1. The Hall–Kier alpha value is -3.02. The number of sulfonamides is 1. The summed E-state index contributed by atoms with van der Waals surface area (Å²) in [5, 5.41) is 9.15. The molecule has 0 atom stereocenters. The van der Waals surface area contributed by atoms with Crippen LogP contribution in [0.5, 0.6) is 23.0 Å². The van der Waals surface area contributed by atoms with Crippen molar-refractivity contribution in [2.45, 2.75) is 23.8 Å². The summed E-state index contributed by atoms with van der Waals surface area (Å²) in [5.41, 5.74) is 1.15. The molecule has 0 saturated carbocycles. The third kappa shape index (κ3) is 4.74. The highest BCUT2D eigenvalue weighted by Crippen LogP contribution is 2.37. The maximum absolute atomic E-state index is 13.4. The fourth-order valence-corrected chi connectivity index (χ4v) is 5.24. The van der Waals surface area contributed by atoms with Gasteiger partial charge in [-0.1, -0.05) is 6.07 Å². The van der Waals surface area contributed by atoms with Gasteiger partial charge in [0, 0.05) is 19.2 Å². The van der Waals surface area contributed by atoms with Crippen molar-refractivity contribution < 1.29 is 37.4 Å². The van der Waals surface area contributed by atoms with Crippen molar-refractivity contribution in [3.8, 4) is 23.0 Å². The van der Waals surface area contributed by atoms with E-state index in [1.165, 1.54) is 36.1 Å². The minimum Gasteiger partial charge on any atom is -0.497 e. The second-order valence-corrected chi connectivity index (χ2v) is 8.92. The number of carbonyl (C=O) groups is 1. The summed E-state index contributed by atoms with van der Waals surface area (Å²) in [4.78, 5) is 12.0. The molecule has 32 heavy (non-hydrogen) atoms. The normalized spacial score (nSPS) is 15.1. The molecule has 2 N–H and O–H groups in total. The number of methoxy groups -OCH3 is 3. The maximum Gasteiger partial charge on any atom is 0.279 e. The molecule has 1 saturated heterocycles. The van der Waals surface area contributed by atoms with E-state index in [1.807, 2.05) is 18.2 Å². The fourth-order valence-electron chi connectivity index (χ4n) is 3.59. The summed E-state index contributed by atoms with van der Waals surface area (Å²) in [6.45, 7) is 0.400. The molecule has 0 unspecified atom stereocenters. The minimum absolute atomic E-state index is 0.0867. The molecule has 1 aliphatic rings. The Morgan fingerprint density at radius 2 is 1.72 bits per heavy atom. The Kier molecular flexibility index (Phi) is 7.44. The Bertz CT molecular complexity index is 1070. The molecule has 0 aliphatic carbocycles. The van der Waals surface area contributed by atoms with E-state index < -0.39 is 15.9 Å². The van der Waals surface area contributed by atoms with Crippen LogP contribution in [0.25, 0.3) is 0 Å². The standard InChI is InChI=1S/C21H26N2O8S/c1-28-15-5-4-6-16(13-15)31-14-9-11-23(12-10-14)32(26,27)18-8-7-17(29-2)20(30-3)19(18)21(24)22-25/h4-8,13-14,25H,9-12H2,1-3H3,(H,22,24). The summed E-state index contributed by atoms with van der Waals surface area (Å²) in [6, 6.07) is 9.88. The molecule has 1 heterocycles. The zero-order chi connectivity index (χ0) is 23.3. The summed E-state index contributed by atoms with van der Waals surface area (Å²) in [5.74, 6) is 0.375. The van der Waals surface area contributed by atoms with Gasteiger partial charge in [-0.25, -0.2) is 13.9 Å². The van der Waals surface area contributed by atoms with Crippen LogP contribution in [0.15, 0.2) is 41.3 Å². The van der Waals surface area contributed by atoms with E-state index in [1.54, 1.807) is 13.2 Å². The van der Waals surface area contributed by atoms with Gasteiger partial charge in [-0.3, -0.25) is 10.0 Å². The predicted molar refractivity (Wildman–Crippen MR) is 114 cm³/mol. The summed E-state index contributed by atoms with van der Waals surface area (Å²) in [6.07, 6.45) is 0.760. The molecule has 1 fully saturated rings. The van der Waals surface area contributed by atoms with Gasteiger partial charge in [0.25, 0.3) is 5.91 Å². The van der Waals surface area contributed by atoms with Gasteiger partial charge in [0.15, 0.2) is 11.5 Å². The van der Waals surface area contributed by atoms with Gasteiger partial charge in [-0.05, 0) is 37.1 Å². The van der Waals surface area contributed by atoms with Crippen LogP contribution in [-0.4, -0.2) is 64.4 Å². The van der Waals surface area contributed by atoms with Gasteiger partial charge in [0.05, 0.1) is 26.2 Å². The third-order valence-electron chi connectivity index (χ3n) is 5.20. The van der Waals surface area contributed by atoms with Gasteiger partial charge in [-0.15, -0.1) is 0 Å². The number of rotatable bonds is 8. The number of hydrogen-bond acceptors (Lipinski definition) is 8. The first-order valence-corrected chi connectivity index (χ1v) is 11.3. The number of hydrogen-bond donors (Lipinski definition) is 2. The zero-order valence-electron chi connectivity index (χ0n) is 18.0. The smallest absolute Gasteiger partial charge is 0.279 e. The molecule has 10 nitrogen and oxygen atoms in total. The van der Waals surface area contributed by atoms with E-state index in [-0.39, 0.29) is 41.2 Å². The summed E-state index contributed by atoms with van der Waals surface area (Å²) in [7, 11) is 0.152. The number of nitrogens with one attached hydrogen (secondary N) is 1. The molecule has 1 amide bonds. The number of ether oxygens (including phenoxy) is 4. The zero-order valence-corrected chi connectivity index (χ0v) is 18.8. The van der Waals surface area contributed by atoms with Gasteiger partial charge in [-0.2, -0.15) is 4.31 Å². The van der Waals surface area contributed by atoms with Gasteiger partial charge in [0.2, 0.25) is 10.0 Å². The van der Waals surface area contributed by atoms with Crippen LogP contribution in [0.2, 0.25) is 0 Å². The number of amides is 1. The number of carbonyl (C=O) groups excluding carboxylic acids is 1. The first-order chi connectivity index (χ1) is 15.3. The molecule has 11 heteroatoms. The summed E-state index contributed by atoms with van der Waals surface area (Å²) < 4.78 is 49.5. The van der Waals surface area contributed by atoms with E-state index in [2.05, 4.69) is 0 Å². The number of nitrogens with zero attached hydrogens (tertiary/aromatic N) is 1. The van der Waals surface area contributed by atoms with Crippen LogP contribution in [0.1, 0.15) is 23.2 Å². The fraction of sp³-hybridized carbons (Fsp3) is 0.381. The average Bonchev–Trinajstić information content (AvgIpc) is 2.82. The molecule has 174 valence electrons. The molecule has 2 aromatic carbocycles.